The van der Waals surface area contributed by atoms with E-state index < -0.39 is 0 Å². The van der Waals surface area contributed by atoms with Gasteiger partial charge in [-0.05, 0) is 39.0 Å². The van der Waals surface area contributed by atoms with Gasteiger partial charge in [-0.1, -0.05) is 32.3 Å². The SMILES string of the molecule is CCC=C(C)C(=O)OC1CCCCCCC1. The number of allylic oxidation sites excluding steroid dienone is 1. The van der Waals surface area contributed by atoms with Gasteiger partial charge in [0, 0.05) is 5.57 Å². The number of carbonyl (C=O) groups is 1. The van der Waals surface area contributed by atoms with Gasteiger partial charge in [0.25, 0.3) is 0 Å². The van der Waals surface area contributed by atoms with E-state index in [9.17, 15) is 4.79 Å². The number of rotatable bonds is 3. The summed E-state index contributed by atoms with van der Waals surface area (Å²) >= 11 is 0. The van der Waals surface area contributed by atoms with Crippen LogP contribution in [0, 0.1) is 0 Å². The van der Waals surface area contributed by atoms with Crippen molar-refractivity contribution in [1.29, 1.82) is 0 Å². The second-order valence-corrected chi connectivity index (χ2v) is 4.67. The van der Waals surface area contributed by atoms with Gasteiger partial charge in [-0.25, -0.2) is 4.79 Å². The minimum atomic E-state index is -0.118. The van der Waals surface area contributed by atoms with Crippen LogP contribution < -0.4 is 0 Å². The quantitative estimate of drug-likeness (QED) is 0.535. The van der Waals surface area contributed by atoms with Gasteiger partial charge in [0.1, 0.15) is 6.10 Å². The molecule has 0 aromatic rings. The van der Waals surface area contributed by atoms with Crippen LogP contribution in [0.4, 0.5) is 0 Å². The van der Waals surface area contributed by atoms with Crippen molar-refractivity contribution in [3.63, 3.8) is 0 Å². The molecule has 0 heterocycles. The summed E-state index contributed by atoms with van der Waals surface area (Å²) in [4.78, 5) is 11.7. The third-order valence-corrected chi connectivity index (χ3v) is 3.16. The van der Waals surface area contributed by atoms with Crippen LogP contribution in [0.5, 0.6) is 0 Å². The van der Waals surface area contributed by atoms with E-state index in [1.165, 1.54) is 32.1 Å². The van der Waals surface area contributed by atoms with E-state index in [-0.39, 0.29) is 12.1 Å². The fourth-order valence-corrected chi connectivity index (χ4v) is 2.17. The molecule has 0 aromatic heterocycles. The molecule has 0 bridgehead atoms. The summed E-state index contributed by atoms with van der Waals surface area (Å²) in [6, 6.07) is 0. The van der Waals surface area contributed by atoms with E-state index in [1.54, 1.807) is 0 Å². The second kappa shape index (κ2) is 7.48. The highest BCUT2D eigenvalue weighted by atomic mass is 16.5. The maximum Gasteiger partial charge on any atom is 0.333 e. The molecule has 2 nitrogen and oxygen atoms in total. The molecule has 0 amide bonds. The Morgan fingerprint density at radius 1 is 1.19 bits per heavy atom. The van der Waals surface area contributed by atoms with Gasteiger partial charge in [-0.15, -0.1) is 0 Å². The van der Waals surface area contributed by atoms with Crippen molar-refractivity contribution < 1.29 is 9.53 Å². The number of ether oxygens (including phenoxy) is 1. The molecule has 2 heteroatoms. The Hall–Kier alpha value is -0.790. The summed E-state index contributed by atoms with van der Waals surface area (Å²) in [6.45, 7) is 3.88. The van der Waals surface area contributed by atoms with E-state index >= 15 is 0 Å². The molecule has 0 aromatic carbocycles. The topological polar surface area (TPSA) is 26.3 Å². The lowest BCUT2D eigenvalue weighted by Gasteiger charge is -2.20. The highest BCUT2D eigenvalue weighted by Gasteiger charge is 2.16. The molecule has 1 aliphatic rings. The number of hydrogen-bond acceptors (Lipinski definition) is 2. The molecule has 1 rings (SSSR count). The van der Waals surface area contributed by atoms with Crippen molar-refractivity contribution in [2.24, 2.45) is 0 Å². The van der Waals surface area contributed by atoms with Crippen LogP contribution in [0.15, 0.2) is 11.6 Å². The van der Waals surface area contributed by atoms with Gasteiger partial charge in [0.2, 0.25) is 0 Å². The van der Waals surface area contributed by atoms with Crippen molar-refractivity contribution in [2.75, 3.05) is 0 Å². The first-order chi connectivity index (χ1) is 7.74. The number of esters is 1. The summed E-state index contributed by atoms with van der Waals surface area (Å²) in [5, 5.41) is 0. The van der Waals surface area contributed by atoms with Gasteiger partial charge < -0.3 is 4.74 Å². The zero-order chi connectivity index (χ0) is 11.8. The van der Waals surface area contributed by atoms with E-state index in [0.717, 1.165) is 24.8 Å². The van der Waals surface area contributed by atoms with Crippen LogP contribution >= 0.6 is 0 Å². The van der Waals surface area contributed by atoms with Crippen molar-refractivity contribution in [2.45, 2.75) is 71.3 Å². The third kappa shape index (κ3) is 4.82. The summed E-state index contributed by atoms with van der Waals surface area (Å²) < 4.78 is 5.53. The second-order valence-electron chi connectivity index (χ2n) is 4.67. The van der Waals surface area contributed by atoms with Gasteiger partial charge in [-0.3, -0.25) is 0 Å². The largest absolute Gasteiger partial charge is 0.459 e. The first-order valence-corrected chi connectivity index (χ1v) is 6.61. The lowest BCUT2D eigenvalue weighted by molar-refractivity contribution is -0.145. The molecule has 1 saturated carbocycles. The molecule has 92 valence electrons. The van der Waals surface area contributed by atoms with Gasteiger partial charge >= 0.3 is 5.97 Å². The van der Waals surface area contributed by atoms with E-state index in [0.29, 0.717) is 0 Å². The highest BCUT2D eigenvalue weighted by Crippen LogP contribution is 2.20. The van der Waals surface area contributed by atoms with Gasteiger partial charge in [0.15, 0.2) is 0 Å². The molecule has 0 saturated heterocycles. The highest BCUT2D eigenvalue weighted by molar-refractivity contribution is 5.87. The molecule has 0 radical (unpaired) electrons. The normalized spacial score (nSPS) is 20.0. The third-order valence-electron chi connectivity index (χ3n) is 3.16. The van der Waals surface area contributed by atoms with Crippen molar-refractivity contribution in [1.82, 2.24) is 0 Å². The Bertz CT molecular complexity index is 235. The predicted octanol–water partition coefficient (Wildman–Crippen LogP) is 4.00. The first-order valence-electron chi connectivity index (χ1n) is 6.61. The monoisotopic (exact) mass is 224 g/mol. The zero-order valence-corrected chi connectivity index (χ0v) is 10.6. The Labute approximate surface area is 99.1 Å². The molecular formula is C14H24O2. The molecule has 0 unspecified atom stereocenters. The Morgan fingerprint density at radius 2 is 1.75 bits per heavy atom. The van der Waals surface area contributed by atoms with Gasteiger partial charge in [0.05, 0.1) is 0 Å². The number of hydrogen-bond donors (Lipinski definition) is 0. The summed E-state index contributed by atoms with van der Waals surface area (Å²) in [5.74, 6) is -0.118. The fourth-order valence-electron chi connectivity index (χ4n) is 2.17. The minimum Gasteiger partial charge on any atom is -0.459 e. The van der Waals surface area contributed by atoms with Crippen LogP contribution in [0.2, 0.25) is 0 Å². The molecule has 0 atom stereocenters. The van der Waals surface area contributed by atoms with Crippen molar-refractivity contribution >= 4 is 5.97 Å². The maximum absolute atomic E-state index is 11.7. The molecule has 1 aliphatic carbocycles. The van der Waals surface area contributed by atoms with E-state index in [4.69, 9.17) is 4.74 Å². The lowest BCUT2D eigenvalue weighted by atomic mass is 9.98. The van der Waals surface area contributed by atoms with Crippen molar-refractivity contribution in [3.8, 4) is 0 Å². The Balaban J connectivity index is 2.38. The van der Waals surface area contributed by atoms with Crippen LogP contribution in [0.3, 0.4) is 0 Å². The average molecular weight is 224 g/mol. The van der Waals surface area contributed by atoms with Crippen LogP contribution in [0.25, 0.3) is 0 Å². The summed E-state index contributed by atoms with van der Waals surface area (Å²) in [5.41, 5.74) is 0.754. The smallest absolute Gasteiger partial charge is 0.333 e. The summed E-state index contributed by atoms with van der Waals surface area (Å²) in [7, 11) is 0. The van der Waals surface area contributed by atoms with Crippen LogP contribution in [-0.2, 0) is 9.53 Å². The first kappa shape index (κ1) is 13.3. The molecule has 0 spiro atoms. The number of carbonyl (C=O) groups excluding carboxylic acids is 1. The van der Waals surface area contributed by atoms with Gasteiger partial charge in [-0.2, -0.15) is 0 Å². The van der Waals surface area contributed by atoms with Crippen molar-refractivity contribution in [3.05, 3.63) is 11.6 Å². The van der Waals surface area contributed by atoms with Crippen LogP contribution in [-0.4, -0.2) is 12.1 Å². The maximum atomic E-state index is 11.7. The van der Waals surface area contributed by atoms with E-state index in [1.807, 2.05) is 19.9 Å². The fraction of sp³-hybridized carbons (Fsp3) is 0.786. The molecule has 1 fully saturated rings. The molecule has 0 N–H and O–H groups in total. The minimum absolute atomic E-state index is 0.118. The molecule has 0 aliphatic heterocycles. The average Bonchev–Trinajstić information content (AvgIpc) is 2.22. The van der Waals surface area contributed by atoms with E-state index in [2.05, 4.69) is 0 Å². The predicted molar refractivity (Wildman–Crippen MR) is 66.2 cm³/mol. The zero-order valence-electron chi connectivity index (χ0n) is 10.6. The molecular weight excluding hydrogens is 200 g/mol. The standard InChI is InChI=1S/C14H24O2/c1-3-9-12(2)14(15)16-13-10-7-5-4-6-8-11-13/h9,13H,3-8,10-11H2,1-2H3. The Morgan fingerprint density at radius 3 is 2.31 bits per heavy atom. The summed E-state index contributed by atoms with van der Waals surface area (Å²) in [6.07, 6.45) is 11.4. The molecule has 16 heavy (non-hydrogen) atoms. The van der Waals surface area contributed by atoms with Crippen LogP contribution in [0.1, 0.15) is 65.2 Å². The Kier molecular flexibility index (Phi) is 6.20. The lowest BCUT2D eigenvalue weighted by Crippen LogP contribution is -2.19.